The van der Waals surface area contributed by atoms with E-state index in [-0.39, 0.29) is 22.4 Å². The smallest absolute Gasteiger partial charge is 0.255 e. The minimum Gasteiger partial charge on any atom is -0.492 e. The summed E-state index contributed by atoms with van der Waals surface area (Å²) < 4.78 is 34.7. The molecule has 5 rings (SSSR count). The third-order valence-electron chi connectivity index (χ3n) is 9.00. The Hall–Kier alpha value is -4.03. The van der Waals surface area contributed by atoms with E-state index in [0.29, 0.717) is 22.6 Å². The first kappa shape index (κ1) is 32.4. The number of hydrogen-bond donors (Lipinski definition) is 5. The van der Waals surface area contributed by atoms with Crippen LogP contribution in [-0.4, -0.2) is 32.7 Å². The molecule has 1 saturated carbocycles. The number of carbonyl (C=O) groups excluding carboxylic acids is 1. The lowest BCUT2D eigenvalue weighted by molar-refractivity contribution is -0.761. The summed E-state index contributed by atoms with van der Waals surface area (Å²) in [5.41, 5.74) is 11.2. The molecule has 0 radical (unpaired) electrons. The average molecular weight is 637 g/mol. The van der Waals surface area contributed by atoms with Gasteiger partial charge in [0, 0.05) is 18.2 Å². The number of aromatic amines is 1. The van der Waals surface area contributed by atoms with E-state index in [1.165, 1.54) is 37.2 Å². The number of anilines is 3. The Labute approximate surface area is 266 Å². The summed E-state index contributed by atoms with van der Waals surface area (Å²) in [5.74, 6) is 7.57. The van der Waals surface area contributed by atoms with E-state index in [9.17, 15) is 13.2 Å². The molecule has 242 valence electrons. The first-order chi connectivity index (χ1) is 21.1. The molecule has 11 nitrogen and oxygen atoms in total. The van der Waals surface area contributed by atoms with Crippen molar-refractivity contribution in [3.63, 3.8) is 0 Å². The van der Waals surface area contributed by atoms with Gasteiger partial charge in [-0.05, 0) is 73.4 Å². The summed E-state index contributed by atoms with van der Waals surface area (Å²) in [6.07, 6.45) is 12.9. The highest BCUT2D eigenvalue weighted by molar-refractivity contribution is 7.92. The number of amides is 1. The highest BCUT2D eigenvalue weighted by Crippen LogP contribution is 2.40. The van der Waals surface area contributed by atoms with Gasteiger partial charge in [-0.3, -0.25) is 14.5 Å². The van der Waals surface area contributed by atoms with Crippen LogP contribution in [-0.2, 0) is 27.4 Å². The van der Waals surface area contributed by atoms with E-state index in [1.807, 2.05) is 40.0 Å². The highest BCUT2D eigenvalue weighted by Gasteiger charge is 2.47. The molecule has 7 N–H and O–H groups in total. The zero-order valence-corrected chi connectivity index (χ0v) is 27.9. The fourth-order valence-corrected chi connectivity index (χ4v) is 7.22. The first-order valence-electron chi connectivity index (χ1n) is 15.4. The lowest BCUT2D eigenvalue weighted by Gasteiger charge is -2.32. The Balaban J connectivity index is 1.44. The van der Waals surface area contributed by atoms with Gasteiger partial charge in [-0.25, -0.2) is 23.8 Å². The molecule has 0 saturated heterocycles. The van der Waals surface area contributed by atoms with Crippen LogP contribution in [0.1, 0.15) is 92.3 Å². The number of carbonyl (C=O) groups is 1. The number of fused-ring (bicyclic) bond motifs is 2. The second kappa shape index (κ2) is 12.1. The fraction of sp³-hybridized carbons (Fsp3) is 0.455. The summed E-state index contributed by atoms with van der Waals surface area (Å²) in [4.78, 5) is 17.1. The third kappa shape index (κ3) is 6.67. The van der Waals surface area contributed by atoms with Crippen molar-refractivity contribution in [3.05, 3.63) is 70.9 Å². The largest absolute Gasteiger partial charge is 0.492 e. The lowest BCUT2D eigenvalue weighted by atomic mass is 9.80. The summed E-state index contributed by atoms with van der Waals surface area (Å²) >= 11 is 0. The predicted octanol–water partition coefficient (Wildman–Crippen LogP) is 4.78. The van der Waals surface area contributed by atoms with Gasteiger partial charge in [-0.15, -0.1) is 0 Å². The lowest BCUT2D eigenvalue weighted by Crippen LogP contribution is -2.56. The van der Waals surface area contributed by atoms with Crippen molar-refractivity contribution in [2.45, 2.75) is 83.6 Å². The second-order valence-electron chi connectivity index (χ2n) is 13.4. The number of sulfonamides is 1. The summed E-state index contributed by atoms with van der Waals surface area (Å²) in [5, 5.41) is 4.38. The maximum absolute atomic E-state index is 13.6. The van der Waals surface area contributed by atoms with Gasteiger partial charge in [0.05, 0.1) is 36.8 Å². The number of nitrogens with one attached hydrogen (secondary N) is 3. The topological polar surface area (TPSA) is 159 Å². The minimum absolute atomic E-state index is 0.108. The number of rotatable bonds is 8. The number of imidazole rings is 1. The van der Waals surface area contributed by atoms with Crippen LogP contribution < -0.4 is 35.9 Å². The zero-order chi connectivity index (χ0) is 32.7. The molecule has 2 aliphatic rings. The number of H-pyrrole nitrogens is 1. The standard InChI is InChI=1S/C33H45N7O4S/c1-21-10-11-22(31(41)37-25-17-23(32(2,3)4)18-26(30(25)44-5)38-45(6,42)43)16-27(21)39(35)20-24(34)28-19-36-29-12-15-33(40(28)29)13-8-7-9-14-33/h10-11,16-20,38H,7-9,12-15,34-35H2,1-6H3,(H,37,41)/p+1/b24-20-. The molecule has 3 aromatic rings. The molecular formula is C33H46N7O4S+. The Morgan fingerprint density at radius 3 is 2.44 bits per heavy atom. The van der Waals surface area contributed by atoms with Gasteiger partial charge in [0.1, 0.15) is 17.4 Å². The summed E-state index contributed by atoms with van der Waals surface area (Å²) in [6.45, 7) is 7.92. The molecule has 45 heavy (non-hydrogen) atoms. The van der Waals surface area contributed by atoms with Crippen LogP contribution in [0, 0.1) is 6.92 Å². The van der Waals surface area contributed by atoms with E-state index in [0.717, 1.165) is 48.8 Å². The third-order valence-corrected chi connectivity index (χ3v) is 9.59. The Kier molecular flexibility index (Phi) is 8.67. The average Bonchev–Trinajstić information content (AvgIpc) is 3.54. The first-order valence-corrected chi connectivity index (χ1v) is 17.3. The number of hydrazine groups is 1. The van der Waals surface area contributed by atoms with E-state index >= 15 is 0 Å². The molecule has 0 atom stereocenters. The van der Waals surface area contributed by atoms with Crippen LogP contribution in [0.25, 0.3) is 5.70 Å². The Morgan fingerprint density at radius 2 is 1.80 bits per heavy atom. The highest BCUT2D eigenvalue weighted by atomic mass is 32.2. The molecule has 1 aliphatic heterocycles. The van der Waals surface area contributed by atoms with Gasteiger partial charge < -0.3 is 15.8 Å². The van der Waals surface area contributed by atoms with Gasteiger partial charge in [0.25, 0.3) is 11.7 Å². The molecule has 1 aromatic heterocycles. The van der Waals surface area contributed by atoms with Crippen molar-refractivity contribution in [1.82, 2.24) is 4.98 Å². The number of nitrogens with zero attached hydrogens (tertiary/aromatic N) is 2. The van der Waals surface area contributed by atoms with Crippen molar-refractivity contribution < 1.29 is 22.5 Å². The molecule has 2 heterocycles. The van der Waals surface area contributed by atoms with Crippen LogP contribution in [0.2, 0.25) is 0 Å². The van der Waals surface area contributed by atoms with Crippen molar-refractivity contribution in [2.75, 3.05) is 28.4 Å². The fourth-order valence-electron chi connectivity index (χ4n) is 6.67. The monoisotopic (exact) mass is 636 g/mol. The number of benzene rings is 2. The van der Waals surface area contributed by atoms with Crippen LogP contribution in [0.3, 0.4) is 0 Å². The van der Waals surface area contributed by atoms with Crippen LogP contribution in [0.5, 0.6) is 5.75 Å². The maximum atomic E-state index is 13.6. The zero-order valence-electron chi connectivity index (χ0n) is 27.1. The number of aryl methyl sites for hydroxylation is 2. The van der Waals surface area contributed by atoms with E-state index in [2.05, 4.69) is 19.6 Å². The molecule has 12 heteroatoms. The molecule has 1 spiro atoms. The van der Waals surface area contributed by atoms with Gasteiger partial charge in [-0.2, -0.15) is 0 Å². The Morgan fingerprint density at radius 1 is 1.11 bits per heavy atom. The summed E-state index contributed by atoms with van der Waals surface area (Å²) in [6, 6.07) is 8.77. The molecule has 0 bridgehead atoms. The van der Waals surface area contributed by atoms with Crippen LogP contribution >= 0.6 is 0 Å². The molecule has 1 aliphatic carbocycles. The van der Waals surface area contributed by atoms with Crippen molar-refractivity contribution in [2.24, 2.45) is 11.6 Å². The van der Waals surface area contributed by atoms with Crippen molar-refractivity contribution in [3.8, 4) is 5.75 Å². The molecule has 0 unspecified atom stereocenters. The number of methoxy groups -OCH3 is 1. The molecule has 1 amide bonds. The SMILES string of the molecule is COc1c(NC(=O)c2ccc(C)c(N(N)/C=C(\N)c3c[nH]c4[n+]3C3(CCCCC3)CC4)c2)cc(C(C)(C)C)cc1NS(C)(=O)=O. The number of ether oxygens (including phenoxy) is 1. The molecular weight excluding hydrogens is 590 g/mol. The quantitative estimate of drug-likeness (QED) is 0.135. The van der Waals surface area contributed by atoms with E-state index < -0.39 is 15.9 Å². The van der Waals surface area contributed by atoms with Gasteiger partial charge in [-0.1, -0.05) is 33.3 Å². The molecule has 2 aromatic carbocycles. The van der Waals surface area contributed by atoms with Gasteiger partial charge >= 0.3 is 0 Å². The Bertz CT molecular complexity index is 1750. The minimum atomic E-state index is -3.61. The number of hydrogen-bond acceptors (Lipinski definition) is 7. The maximum Gasteiger partial charge on any atom is 0.255 e. The van der Waals surface area contributed by atoms with Crippen molar-refractivity contribution in [1.29, 1.82) is 0 Å². The van der Waals surface area contributed by atoms with Gasteiger partial charge in [0.2, 0.25) is 10.0 Å². The van der Waals surface area contributed by atoms with E-state index in [1.54, 1.807) is 30.5 Å². The second-order valence-corrected chi connectivity index (χ2v) is 15.2. The van der Waals surface area contributed by atoms with Crippen molar-refractivity contribution >= 4 is 38.7 Å². The molecule has 1 fully saturated rings. The van der Waals surface area contributed by atoms with Gasteiger partial charge in [0.15, 0.2) is 11.4 Å². The number of aromatic nitrogens is 2. The summed E-state index contributed by atoms with van der Waals surface area (Å²) in [7, 11) is -2.18. The van der Waals surface area contributed by atoms with E-state index in [4.69, 9.17) is 16.3 Å². The number of nitrogens with two attached hydrogens (primary N) is 2. The predicted molar refractivity (Wildman–Crippen MR) is 178 cm³/mol. The van der Waals surface area contributed by atoms with Crippen LogP contribution in [0.15, 0.2) is 42.7 Å². The normalized spacial score (nSPS) is 16.4. The van der Waals surface area contributed by atoms with Crippen LogP contribution in [0.4, 0.5) is 17.1 Å².